The van der Waals surface area contributed by atoms with Crippen molar-refractivity contribution in [1.29, 1.82) is 0 Å². The van der Waals surface area contributed by atoms with Crippen molar-refractivity contribution in [2.24, 2.45) is 0 Å². The molecule has 3 nitrogen and oxygen atoms in total. The van der Waals surface area contributed by atoms with E-state index in [0.29, 0.717) is 5.15 Å². The second-order valence-corrected chi connectivity index (χ2v) is 5.16. The number of nitrogens with one attached hydrogen (secondary N) is 1. The highest BCUT2D eigenvalue weighted by atomic mass is 35.5. The third kappa shape index (κ3) is 2.12. The molecule has 0 aliphatic heterocycles. The molecule has 0 radical (unpaired) electrons. The van der Waals surface area contributed by atoms with Crippen LogP contribution in [0.25, 0.3) is 33.6 Å². The Morgan fingerprint density at radius 3 is 2.62 bits per heavy atom. The highest BCUT2D eigenvalue weighted by Crippen LogP contribution is 2.33. The number of aromatic nitrogens is 2. The molecule has 0 spiro atoms. The van der Waals surface area contributed by atoms with Crippen LogP contribution in [0.4, 0.5) is 0 Å². The maximum atomic E-state index is 5.95. The summed E-state index contributed by atoms with van der Waals surface area (Å²) in [7, 11) is 0. The molecular weight excluding hydrogens is 284 g/mol. The molecule has 102 valence electrons. The van der Waals surface area contributed by atoms with E-state index in [4.69, 9.17) is 16.0 Å². The lowest BCUT2D eigenvalue weighted by Crippen LogP contribution is -1.82. The molecule has 0 unspecified atom stereocenters. The van der Waals surface area contributed by atoms with E-state index >= 15 is 0 Å². The second kappa shape index (κ2) is 4.79. The van der Waals surface area contributed by atoms with Gasteiger partial charge in [-0.1, -0.05) is 35.9 Å². The van der Waals surface area contributed by atoms with E-state index in [1.54, 1.807) is 12.3 Å². The lowest BCUT2D eigenvalue weighted by molar-refractivity contribution is 0.582. The lowest BCUT2D eigenvalue weighted by atomic mass is 10.0. The Hall–Kier alpha value is -2.52. The van der Waals surface area contributed by atoms with E-state index in [1.807, 2.05) is 42.5 Å². The molecule has 0 fully saturated rings. The first kappa shape index (κ1) is 12.2. The number of nitrogens with zero attached hydrogens (tertiary/aromatic N) is 1. The average Bonchev–Trinajstić information content (AvgIpc) is 3.16. The molecule has 4 aromatic rings. The summed E-state index contributed by atoms with van der Waals surface area (Å²) in [6.45, 7) is 0. The van der Waals surface area contributed by atoms with Crippen LogP contribution in [0.15, 0.2) is 65.3 Å². The van der Waals surface area contributed by atoms with Crippen LogP contribution in [0.2, 0.25) is 5.15 Å². The second-order valence-electron chi connectivity index (χ2n) is 4.77. The molecule has 3 aromatic heterocycles. The van der Waals surface area contributed by atoms with Gasteiger partial charge >= 0.3 is 0 Å². The minimum atomic E-state index is 0.493. The first-order valence-electron chi connectivity index (χ1n) is 6.60. The zero-order valence-electron chi connectivity index (χ0n) is 11.0. The SMILES string of the molecule is Clc1ccc2[nH]c(-c3ccccc3-c3ccco3)cc2n1. The van der Waals surface area contributed by atoms with Crippen LogP contribution in [-0.2, 0) is 0 Å². The molecule has 3 heterocycles. The van der Waals surface area contributed by atoms with Crippen molar-refractivity contribution >= 4 is 22.6 Å². The van der Waals surface area contributed by atoms with Crippen LogP contribution >= 0.6 is 11.6 Å². The van der Waals surface area contributed by atoms with E-state index in [-0.39, 0.29) is 0 Å². The average molecular weight is 295 g/mol. The Morgan fingerprint density at radius 1 is 0.952 bits per heavy atom. The smallest absolute Gasteiger partial charge is 0.134 e. The molecule has 0 saturated carbocycles. The van der Waals surface area contributed by atoms with E-state index in [1.165, 1.54) is 0 Å². The summed E-state index contributed by atoms with van der Waals surface area (Å²) in [6, 6.07) is 17.7. The molecule has 0 atom stereocenters. The summed E-state index contributed by atoms with van der Waals surface area (Å²) >= 11 is 5.95. The van der Waals surface area contributed by atoms with Crippen molar-refractivity contribution in [2.45, 2.75) is 0 Å². The van der Waals surface area contributed by atoms with Crippen LogP contribution in [0.1, 0.15) is 0 Å². The number of furan rings is 1. The number of benzene rings is 1. The normalized spacial score (nSPS) is 11.1. The van der Waals surface area contributed by atoms with Crippen molar-refractivity contribution in [2.75, 3.05) is 0 Å². The summed E-state index contributed by atoms with van der Waals surface area (Å²) in [4.78, 5) is 7.70. The number of pyridine rings is 1. The Balaban J connectivity index is 1.93. The molecule has 1 N–H and O–H groups in total. The number of rotatable bonds is 2. The fourth-order valence-corrected chi connectivity index (χ4v) is 2.65. The van der Waals surface area contributed by atoms with Gasteiger partial charge < -0.3 is 9.40 Å². The van der Waals surface area contributed by atoms with Crippen LogP contribution < -0.4 is 0 Å². The Labute approximate surface area is 126 Å². The van der Waals surface area contributed by atoms with Gasteiger partial charge in [-0.3, -0.25) is 0 Å². The van der Waals surface area contributed by atoms with Gasteiger partial charge in [0, 0.05) is 16.8 Å². The molecular formula is C17H11ClN2O. The molecule has 0 amide bonds. The van der Waals surface area contributed by atoms with Gasteiger partial charge in [-0.25, -0.2) is 4.98 Å². The molecule has 0 aliphatic rings. The topological polar surface area (TPSA) is 41.8 Å². The minimum Gasteiger partial charge on any atom is -0.464 e. The van der Waals surface area contributed by atoms with Gasteiger partial charge in [0.05, 0.1) is 17.3 Å². The molecule has 0 aliphatic carbocycles. The predicted molar refractivity (Wildman–Crippen MR) is 84.2 cm³/mol. The van der Waals surface area contributed by atoms with E-state index in [0.717, 1.165) is 33.6 Å². The van der Waals surface area contributed by atoms with Gasteiger partial charge in [0.25, 0.3) is 0 Å². The lowest BCUT2D eigenvalue weighted by Gasteiger charge is -2.05. The maximum absolute atomic E-state index is 5.95. The van der Waals surface area contributed by atoms with Crippen molar-refractivity contribution in [3.05, 3.63) is 66.0 Å². The Bertz CT molecular complexity index is 910. The summed E-state index contributed by atoms with van der Waals surface area (Å²) in [6.07, 6.45) is 1.68. The van der Waals surface area contributed by atoms with Crippen LogP contribution in [0, 0.1) is 0 Å². The van der Waals surface area contributed by atoms with Gasteiger partial charge in [-0.05, 0) is 30.3 Å². The molecule has 4 rings (SSSR count). The minimum absolute atomic E-state index is 0.493. The third-order valence-corrected chi connectivity index (χ3v) is 3.66. The molecule has 1 aromatic carbocycles. The van der Waals surface area contributed by atoms with Crippen molar-refractivity contribution in [3.63, 3.8) is 0 Å². The third-order valence-electron chi connectivity index (χ3n) is 3.45. The number of aromatic amines is 1. The van der Waals surface area contributed by atoms with Gasteiger partial charge in [0.1, 0.15) is 10.9 Å². The summed E-state index contributed by atoms with van der Waals surface area (Å²) in [5.74, 6) is 0.843. The summed E-state index contributed by atoms with van der Waals surface area (Å²) in [5, 5.41) is 0.493. The molecule has 0 saturated heterocycles. The first-order valence-corrected chi connectivity index (χ1v) is 6.97. The van der Waals surface area contributed by atoms with Crippen LogP contribution in [0.3, 0.4) is 0 Å². The zero-order chi connectivity index (χ0) is 14.2. The van der Waals surface area contributed by atoms with Crippen molar-refractivity contribution < 1.29 is 4.42 Å². The van der Waals surface area contributed by atoms with Crippen LogP contribution in [-0.4, -0.2) is 9.97 Å². The number of hydrogen-bond acceptors (Lipinski definition) is 2. The standard InChI is InChI=1S/C17H11ClN2O/c18-17-8-7-13-15(20-17)10-14(19-13)11-4-1-2-5-12(11)16-6-3-9-21-16/h1-10,19H. The van der Waals surface area contributed by atoms with Crippen molar-refractivity contribution in [3.8, 4) is 22.6 Å². The van der Waals surface area contributed by atoms with Crippen LogP contribution in [0.5, 0.6) is 0 Å². The molecule has 0 bridgehead atoms. The molecule has 4 heteroatoms. The van der Waals surface area contributed by atoms with E-state index in [2.05, 4.69) is 16.0 Å². The fourth-order valence-electron chi connectivity index (χ4n) is 2.49. The molecule has 21 heavy (non-hydrogen) atoms. The van der Waals surface area contributed by atoms with E-state index < -0.39 is 0 Å². The Kier molecular flexibility index (Phi) is 2.79. The van der Waals surface area contributed by atoms with Gasteiger partial charge in [0.2, 0.25) is 0 Å². The highest BCUT2D eigenvalue weighted by Gasteiger charge is 2.11. The Morgan fingerprint density at radius 2 is 1.81 bits per heavy atom. The predicted octanol–water partition coefficient (Wildman–Crippen LogP) is 5.14. The van der Waals surface area contributed by atoms with Crippen molar-refractivity contribution in [1.82, 2.24) is 9.97 Å². The number of H-pyrrole nitrogens is 1. The zero-order valence-corrected chi connectivity index (χ0v) is 11.8. The highest BCUT2D eigenvalue weighted by molar-refractivity contribution is 6.29. The van der Waals surface area contributed by atoms with Gasteiger partial charge in [0.15, 0.2) is 0 Å². The van der Waals surface area contributed by atoms with E-state index in [9.17, 15) is 0 Å². The number of hydrogen-bond donors (Lipinski definition) is 1. The maximum Gasteiger partial charge on any atom is 0.134 e. The van der Waals surface area contributed by atoms with Gasteiger partial charge in [-0.2, -0.15) is 0 Å². The summed E-state index contributed by atoms with van der Waals surface area (Å²) in [5.41, 5.74) is 4.92. The first-order chi connectivity index (χ1) is 10.3. The van der Waals surface area contributed by atoms with Gasteiger partial charge in [-0.15, -0.1) is 0 Å². The summed E-state index contributed by atoms with van der Waals surface area (Å²) < 4.78 is 5.52. The largest absolute Gasteiger partial charge is 0.464 e. The quantitative estimate of drug-likeness (QED) is 0.520. The number of halogens is 1. The number of fused-ring (bicyclic) bond motifs is 1. The fraction of sp³-hybridized carbons (Fsp3) is 0. The monoisotopic (exact) mass is 294 g/mol.